The van der Waals surface area contributed by atoms with Crippen LogP contribution < -0.4 is 5.32 Å². The fourth-order valence-corrected chi connectivity index (χ4v) is 4.06. The Balaban J connectivity index is 1.40. The Hall–Kier alpha value is -1.63. The minimum absolute atomic E-state index is 0.129. The van der Waals surface area contributed by atoms with Crippen molar-refractivity contribution in [3.05, 3.63) is 35.4 Å². The molecule has 1 aromatic rings. The van der Waals surface area contributed by atoms with Gasteiger partial charge in [-0.2, -0.15) is 0 Å². The summed E-state index contributed by atoms with van der Waals surface area (Å²) in [6.45, 7) is 11.2. The molecule has 3 rings (SSSR count). The Labute approximate surface area is 188 Å². The van der Waals surface area contributed by atoms with E-state index in [9.17, 15) is 0 Å². The standard InChI is InChI=1S/C25H41N3O3/c1-25(2,3)31-18-21-9-7-8-20(16-21)17-27-24(26-4)28-13-11-22(12-14-28)30-19-23-10-5-6-15-29-23/h7-9,16,22-23H,5-6,10-15,17-19H2,1-4H3,(H,26,27). The molecule has 0 aliphatic carbocycles. The van der Waals surface area contributed by atoms with E-state index in [-0.39, 0.29) is 5.60 Å². The van der Waals surface area contributed by atoms with Crippen LogP contribution in [0, 0.1) is 0 Å². The van der Waals surface area contributed by atoms with E-state index < -0.39 is 0 Å². The van der Waals surface area contributed by atoms with E-state index in [2.05, 4.69) is 60.2 Å². The minimum atomic E-state index is -0.129. The zero-order chi connectivity index (χ0) is 22.1. The molecule has 1 aromatic carbocycles. The van der Waals surface area contributed by atoms with Gasteiger partial charge in [-0.3, -0.25) is 4.99 Å². The zero-order valence-corrected chi connectivity index (χ0v) is 19.9. The van der Waals surface area contributed by atoms with Crippen LogP contribution in [-0.4, -0.2) is 62.0 Å². The molecule has 2 aliphatic rings. The van der Waals surface area contributed by atoms with Gasteiger partial charge < -0.3 is 24.4 Å². The lowest BCUT2D eigenvalue weighted by molar-refractivity contribution is -0.0721. The van der Waals surface area contributed by atoms with Crippen molar-refractivity contribution in [3.63, 3.8) is 0 Å². The van der Waals surface area contributed by atoms with Crippen LogP contribution in [0.1, 0.15) is 64.0 Å². The highest BCUT2D eigenvalue weighted by atomic mass is 16.5. The number of hydrogen-bond acceptors (Lipinski definition) is 4. The van der Waals surface area contributed by atoms with Gasteiger partial charge in [-0.25, -0.2) is 0 Å². The lowest BCUT2D eigenvalue weighted by Crippen LogP contribution is -2.47. The molecule has 2 aliphatic heterocycles. The second-order valence-corrected chi connectivity index (χ2v) is 9.63. The number of guanidine groups is 1. The number of ether oxygens (including phenoxy) is 3. The maximum atomic E-state index is 6.15. The first-order valence-corrected chi connectivity index (χ1v) is 11.8. The molecule has 31 heavy (non-hydrogen) atoms. The van der Waals surface area contributed by atoms with Gasteiger partial charge in [0.2, 0.25) is 0 Å². The normalized spacial score (nSPS) is 21.4. The number of hydrogen-bond donors (Lipinski definition) is 1. The van der Waals surface area contributed by atoms with Crippen LogP contribution in [0.5, 0.6) is 0 Å². The van der Waals surface area contributed by atoms with Gasteiger partial charge in [-0.15, -0.1) is 0 Å². The summed E-state index contributed by atoms with van der Waals surface area (Å²) in [5.74, 6) is 0.963. The molecule has 2 heterocycles. The molecule has 2 saturated heterocycles. The summed E-state index contributed by atoms with van der Waals surface area (Å²) in [7, 11) is 1.86. The molecule has 2 fully saturated rings. The average Bonchev–Trinajstić information content (AvgIpc) is 2.78. The van der Waals surface area contributed by atoms with E-state index >= 15 is 0 Å². The number of aliphatic imine (C=N–C) groups is 1. The first kappa shape index (κ1) is 24.0. The zero-order valence-electron chi connectivity index (χ0n) is 19.9. The molecular formula is C25H41N3O3. The average molecular weight is 432 g/mol. The van der Waals surface area contributed by atoms with Crippen molar-refractivity contribution in [1.82, 2.24) is 10.2 Å². The summed E-state index contributed by atoms with van der Waals surface area (Å²) in [5, 5.41) is 3.53. The fraction of sp³-hybridized carbons (Fsp3) is 0.720. The first-order valence-electron chi connectivity index (χ1n) is 11.8. The van der Waals surface area contributed by atoms with Crippen molar-refractivity contribution in [2.24, 2.45) is 4.99 Å². The van der Waals surface area contributed by atoms with E-state index in [1.165, 1.54) is 24.0 Å². The fourth-order valence-electron chi connectivity index (χ4n) is 4.06. The van der Waals surface area contributed by atoms with E-state index in [4.69, 9.17) is 14.2 Å². The summed E-state index contributed by atoms with van der Waals surface area (Å²) < 4.78 is 17.8. The Morgan fingerprint density at radius 1 is 1.16 bits per heavy atom. The van der Waals surface area contributed by atoms with Gasteiger partial charge in [0.1, 0.15) is 0 Å². The van der Waals surface area contributed by atoms with E-state index in [1.807, 2.05) is 7.05 Å². The molecule has 6 heteroatoms. The van der Waals surface area contributed by atoms with Crippen molar-refractivity contribution in [2.45, 2.75) is 83.8 Å². The summed E-state index contributed by atoms with van der Waals surface area (Å²) >= 11 is 0. The molecule has 0 bridgehead atoms. The maximum absolute atomic E-state index is 6.15. The number of benzene rings is 1. The Morgan fingerprint density at radius 3 is 2.61 bits per heavy atom. The molecular weight excluding hydrogens is 390 g/mol. The van der Waals surface area contributed by atoms with Crippen LogP contribution in [0.4, 0.5) is 0 Å². The third-order valence-corrected chi connectivity index (χ3v) is 5.86. The Morgan fingerprint density at radius 2 is 1.94 bits per heavy atom. The number of nitrogens with one attached hydrogen (secondary N) is 1. The molecule has 0 amide bonds. The molecule has 0 saturated carbocycles. The third kappa shape index (κ3) is 8.43. The quantitative estimate of drug-likeness (QED) is 0.520. The minimum Gasteiger partial charge on any atom is -0.376 e. The largest absolute Gasteiger partial charge is 0.376 e. The Kier molecular flexibility index (Phi) is 9.17. The van der Waals surface area contributed by atoms with Crippen LogP contribution in [-0.2, 0) is 27.4 Å². The first-order chi connectivity index (χ1) is 14.9. The number of rotatable bonds is 7. The number of nitrogens with zero attached hydrogens (tertiary/aromatic N) is 2. The lowest BCUT2D eigenvalue weighted by atomic mass is 10.1. The lowest BCUT2D eigenvalue weighted by Gasteiger charge is -2.35. The van der Waals surface area contributed by atoms with Crippen molar-refractivity contribution in [2.75, 3.05) is 33.4 Å². The van der Waals surface area contributed by atoms with Crippen LogP contribution in [0.25, 0.3) is 0 Å². The van der Waals surface area contributed by atoms with Crippen LogP contribution in [0.3, 0.4) is 0 Å². The number of piperidine rings is 1. The second-order valence-electron chi connectivity index (χ2n) is 9.63. The summed E-state index contributed by atoms with van der Waals surface area (Å²) in [6, 6.07) is 8.57. The van der Waals surface area contributed by atoms with Crippen molar-refractivity contribution in [1.29, 1.82) is 0 Å². The molecule has 0 spiro atoms. The summed E-state index contributed by atoms with van der Waals surface area (Å²) in [5.41, 5.74) is 2.31. The van der Waals surface area contributed by atoms with E-state index in [1.54, 1.807) is 0 Å². The molecule has 174 valence electrons. The molecule has 1 N–H and O–H groups in total. The van der Waals surface area contributed by atoms with Crippen LogP contribution in [0.2, 0.25) is 0 Å². The highest BCUT2D eigenvalue weighted by Gasteiger charge is 2.23. The predicted molar refractivity (Wildman–Crippen MR) is 125 cm³/mol. The smallest absolute Gasteiger partial charge is 0.193 e. The topological polar surface area (TPSA) is 55.3 Å². The van der Waals surface area contributed by atoms with Gasteiger partial charge in [0.15, 0.2) is 5.96 Å². The van der Waals surface area contributed by atoms with Gasteiger partial charge >= 0.3 is 0 Å². The SMILES string of the molecule is CN=C(NCc1cccc(COC(C)(C)C)c1)N1CCC(OCC2CCCCO2)CC1. The summed E-state index contributed by atoms with van der Waals surface area (Å²) in [6.07, 6.45) is 6.29. The maximum Gasteiger partial charge on any atom is 0.193 e. The van der Waals surface area contributed by atoms with Gasteiger partial charge in [0, 0.05) is 33.3 Å². The molecule has 0 aromatic heterocycles. The molecule has 0 radical (unpaired) electrons. The van der Waals surface area contributed by atoms with Gasteiger partial charge in [0.05, 0.1) is 31.0 Å². The van der Waals surface area contributed by atoms with Crippen molar-refractivity contribution < 1.29 is 14.2 Å². The Bertz CT molecular complexity index is 687. The van der Waals surface area contributed by atoms with Gasteiger partial charge in [0.25, 0.3) is 0 Å². The monoisotopic (exact) mass is 431 g/mol. The molecule has 1 atom stereocenters. The number of likely N-dealkylation sites (tertiary alicyclic amines) is 1. The third-order valence-electron chi connectivity index (χ3n) is 5.86. The molecule has 6 nitrogen and oxygen atoms in total. The van der Waals surface area contributed by atoms with Crippen molar-refractivity contribution >= 4 is 5.96 Å². The van der Waals surface area contributed by atoms with Crippen molar-refractivity contribution in [3.8, 4) is 0 Å². The van der Waals surface area contributed by atoms with Gasteiger partial charge in [-0.05, 0) is 64.0 Å². The highest BCUT2D eigenvalue weighted by Crippen LogP contribution is 2.18. The van der Waals surface area contributed by atoms with E-state index in [0.29, 0.717) is 18.8 Å². The van der Waals surface area contributed by atoms with Crippen LogP contribution in [0.15, 0.2) is 29.3 Å². The predicted octanol–water partition coefficient (Wildman–Crippen LogP) is 4.13. The van der Waals surface area contributed by atoms with Crippen LogP contribution >= 0.6 is 0 Å². The highest BCUT2D eigenvalue weighted by molar-refractivity contribution is 5.79. The summed E-state index contributed by atoms with van der Waals surface area (Å²) in [4.78, 5) is 6.85. The molecule has 1 unspecified atom stereocenters. The second kappa shape index (κ2) is 11.8. The van der Waals surface area contributed by atoms with Gasteiger partial charge in [-0.1, -0.05) is 24.3 Å². The van der Waals surface area contributed by atoms with E-state index in [0.717, 1.165) is 58.1 Å².